The SMILES string of the molecule is CC(=O)c1cn(CCCN2CCC(c3nc(-c4ccncc4)no3)CC2)c2c(Br)cccc12. The highest BCUT2D eigenvalue weighted by Gasteiger charge is 2.25. The molecule has 4 heterocycles. The molecule has 0 radical (unpaired) electrons. The van der Waals surface area contributed by atoms with Gasteiger partial charge in [0.15, 0.2) is 5.78 Å². The number of hydrogen-bond acceptors (Lipinski definition) is 6. The normalized spacial score (nSPS) is 15.3. The summed E-state index contributed by atoms with van der Waals surface area (Å²) in [5.74, 6) is 1.78. The number of piperidine rings is 1. The van der Waals surface area contributed by atoms with E-state index in [0.717, 1.165) is 77.8 Å². The lowest BCUT2D eigenvalue weighted by Crippen LogP contribution is -2.34. The predicted molar refractivity (Wildman–Crippen MR) is 130 cm³/mol. The third-order valence-electron chi connectivity index (χ3n) is 6.42. The molecule has 1 fully saturated rings. The number of aromatic nitrogens is 4. The molecule has 1 aromatic carbocycles. The van der Waals surface area contributed by atoms with Crippen LogP contribution in [0.25, 0.3) is 22.3 Å². The highest BCUT2D eigenvalue weighted by Crippen LogP contribution is 2.30. The van der Waals surface area contributed by atoms with Gasteiger partial charge >= 0.3 is 0 Å². The molecule has 3 aromatic heterocycles. The summed E-state index contributed by atoms with van der Waals surface area (Å²) in [6.07, 6.45) is 8.54. The standard InChI is InChI=1S/C25H26BrN5O2/c1-17(32)21-16-31(23-20(21)4-2-5-22(23)26)13-3-12-30-14-8-19(9-15-30)25-28-24(29-33-25)18-6-10-27-11-7-18/h2,4-7,10-11,16,19H,3,8-9,12-15H2,1H3. The number of benzene rings is 1. The van der Waals surface area contributed by atoms with Gasteiger partial charge in [-0.3, -0.25) is 9.78 Å². The number of aryl methyl sites for hydroxylation is 1. The van der Waals surface area contributed by atoms with E-state index in [4.69, 9.17) is 4.52 Å². The molecule has 0 N–H and O–H groups in total. The van der Waals surface area contributed by atoms with Crippen LogP contribution < -0.4 is 0 Å². The van der Waals surface area contributed by atoms with Crippen LogP contribution in [0.2, 0.25) is 0 Å². The fraction of sp³-hybridized carbons (Fsp3) is 0.360. The first-order chi connectivity index (χ1) is 16.1. The van der Waals surface area contributed by atoms with E-state index >= 15 is 0 Å². The third-order valence-corrected chi connectivity index (χ3v) is 7.06. The van der Waals surface area contributed by atoms with Gasteiger partial charge in [0.2, 0.25) is 11.7 Å². The van der Waals surface area contributed by atoms with Crippen LogP contribution in [0.3, 0.4) is 0 Å². The molecule has 1 aliphatic rings. The van der Waals surface area contributed by atoms with Gasteiger partial charge in [-0.1, -0.05) is 17.3 Å². The summed E-state index contributed by atoms with van der Waals surface area (Å²) in [7, 11) is 0. The minimum Gasteiger partial charge on any atom is -0.346 e. The van der Waals surface area contributed by atoms with Crippen LogP contribution in [0.5, 0.6) is 0 Å². The van der Waals surface area contributed by atoms with Crippen molar-refractivity contribution in [2.45, 2.75) is 38.6 Å². The molecule has 7 nitrogen and oxygen atoms in total. The molecule has 0 atom stereocenters. The van der Waals surface area contributed by atoms with E-state index in [0.29, 0.717) is 11.7 Å². The number of nitrogens with zero attached hydrogens (tertiary/aromatic N) is 5. The second kappa shape index (κ2) is 9.57. The largest absolute Gasteiger partial charge is 0.346 e. The number of para-hydroxylation sites is 1. The van der Waals surface area contributed by atoms with Crippen molar-refractivity contribution >= 4 is 32.6 Å². The van der Waals surface area contributed by atoms with Gasteiger partial charge in [-0.2, -0.15) is 4.98 Å². The molecular formula is C25H26BrN5O2. The molecule has 8 heteroatoms. The quantitative estimate of drug-likeness (QED) is 0.315. The number of carbonyl (C=O) groups excluding carboxylic acids is 1. The maximum absolute atomic E-state index is 12.1. The molecule has 170 valence electrons. The summed E-state index contributed by atoms with van der Waals surface area (Å²) < 4.78 is 8.81. The molecule has 0 amide bonds. The van der Waals surface area contributed by atoms with E-state index in [-0.39, 0.29) is 5.78 Å². The first-order valence-corrected chi connectivity index (χ1v) is 12.1. The van der Waals surface area contributed by atoms with Crippen LogP contribution in [0, 0.1) is 0 Å². The van der Waals surface area contributed by atoms with E-state index in [9.17, 15) is 4.79 Å². The zero-order valence-electron chi connectivity index (χ0n) is 18.6. The fourth-order valence-electron chi connectivity index (χ4n) is 4.66. The first kappa shape index (κ1) is 22.0. The molecule has 0 saturated carbocycles. The maximum atomic E-state index is 12.1. The molecular weight excluding hydrogens is 482 g/mol. The number of hydrogen-bond donors (Lipinski definition) is 0. The lowest BCUT2D eigenvalue weighted by atomic mass is 9.96. The number of ketones is 1. The highest BCUT2D eigenvalue weighted by molar-refractivity contribution is 9.10. The molecule has 0 spiro atoms. The Morgan fingerprint density at radius 1 is 1.15 bits per heavy atom. The number of rotatable bonds is 7. The van der Waals surface area contributed by atoms with Crippen LogP contribution in [0.15, 0.2) is 57.9 Å². The zero-order chi connectivity index (χ0) is 22.8. The number of carbonyl (C=O) groups is 1. The first-order valence-electron chi connectivity index (χ1n) is 11.3. The highest BCUT2D eigenvalue weighted by atomic mass is 79.9. The average molecular weight is 508 g/mol. The lowest BCUT2D eigenvalue weighted by molar-refractivity contribution is 0.101. The van der Waals surface area contributed by atoms with Gasteiger partial charge in [-0.05, 0) is 79.9 Å². The van der Waals surface area contributed by atoms with Crippen molar-refractivity contribution in [3.8, 4) is 11.4 Å². The minimum atomic E-state index is 0.104. The van der Waals surface area contributed by atoms with Gasteiger partial charge in [0.25, 0.3) is 0 Å². The molecule has 0 unspecified atom stereocenters. The second-order valence-electron chi connectivity index (χ2n) is 8.59. The van der Waals surface area contributed by atoms with Crippen molar-refractivity contribution in [2.24, 2.45) is 0 Å². The van der Waals surface area contributed by atoms with Crippen LogP contribution in [-0.4, -0.2) is 50.0 Å². The van der Waals surface area contributed by atoms with E-state index < -0.39 is 0 Å². The van der Waals surface area contributed by atoms with Crippen LogP contribution in [-0.2, 0) is 6.54 Å². The molecule has 33 heavy (non-hydrogen) atoms. The van der Waals surface area contributed by atoms with Crippen molar-refractivity contribution in [2.75, 3.05) is 19.6 Å². The zero-order valence-corrected chi connectivity index (χ0v) is 20.2. The molecule has 0 bridgehead atoms. The third kappa shape index (κ3) is 4.63. The minimum absolute atomic E-state index is 0.104. The van der Waals surface area contributed by atoms with Crippen molar-refractivity contribution < 1.29 is 9.32 Å². The summed E-state index contributed by atoms with van der Waals surface area (Å²) in [5.41, 5.74) is 2.81. The topological polar surface area (TPSA) is 77.1 Å². The number of likely N-dealkylation sites (tertiary alicyclic amines) is 1. The summed E-state index contributed by atoms with van der Waals surface area (Å²) in [5, 5.41) is 5.17. The summed E-state index contributed by atoms with van der Waals surface area (Å²) >= 11 is 3.66. The maximum Gasteiger partial charge on any atom is 0.230 e. The Kier molecular flexibility index (Phi) is 6.37. The molecule has 0 aliphatic carbocycles. The van der Waals surface area contributed by atoms with Gasteiger partial charge in [0.1, 0.15) is 0 Å². The van der Waals surface area contributed by atoms with Gasteiger partial charge < -0.3 is 14.0 Å². The van der Waals surface area contributed by atoms with Crippen molar-refractivity contribution in [1.82, 2.24) is 24.6 Å². The number of halogens is 1. The van der Waals surface area contributed by atoms with E-state index in [2.05, 4.69) is 40.5 Å². The van der Waals surface area contributed by atoms with E-state index in [1.807, 2.05) is 36.5 Å². The molecule has 4 aromatic rings. The van der Waals surface area contributed by atoms with Crippen molar-refractivity contribution in [3.05, 3.63) is 64.8 Å². The molecule has 1 saturated heterocycles. The van der Waals surface area contributed by atoms with Crippen LogP contribution in [0.4, 0.5) is 0 Å². The summed E-state index contributed by atoms with van der Waals surface area (Å²) in [6.45, 7) is 5.58. The Morgan fingerprint density at radius 2 is 1.94 bits per heavy atom. The monoisotopic (exact) mass is 507 g/mol. The number of Topliss-reactive ketones (excluding diaryl/α,β-unsaturated/α-hetero) is 1. The summed E-state index contributed by atoms with van der Waals surface area (Å²) in [4.78, 5) is 23.2. The van der Waals surface area contributed by atoms with Gasteiger partial charge in [0, 0.05) is 52.0 Å². The van der Waals surface area contributed by atoms with E-state index in [1.165, 1.54) is 0 Å². The van der Waals surface area contributed by atoms with Crippen LogP contribution in [0.1, 0.15) is 48.4 Å². The fourth-order valence-corrected chi connectivity index (χ4v) is 5.25. The molecule has 5 rings (SSSR count). The van der Waals surface area contributed by atoms with Crippen molar-refractivity contribution in [1.29, 1.82) is 0 Å². The number of pyridine rings is 1. The van der Waals surface area contributed by atoms with E-state index in [1.54, 1.807) is 19.3 Å². The average Bonchev–Trinajstić information content (AvgIpc) is 3.47. The van der Waals surface area contributed by atoms with Gasteiger partial charge in [0.05, 0.1) is 5.52 Å². The Morgan fingerprint density at radius 3 is 2.70 bits per heavy atom. The van der Waals surface area contributed by atoms with Crippen molar-refractivity contribution in [3.63, 3.8) is 0 Å². The van der Waals surface area contributed by atoms with Crippen LogP contribution >= 0.6 is 15.9 Å². The Hall–Kier alpha value is -2.84. The van der Waals surface area contributed by atoms with Gasteiger partial charge in [-0.25, -0.2) is 0 Å². The smallest absolute Gasteiger partial charge is 0.230 e. The lowest BCUT2D eigenvalue weighted by Gasteiger charge is -2.30. The second-order valence-corrected chi connectivity index (χ2v) is 9.44. The van der Waals surface area contributed by atoms with Gasteiger partial charge in [-0.15, -0.1) is 0 Å². The Balaban J connectivity index is 1.16. The molecule has 1 aliphatic heterocycles. The number of fused-ring (bicyclic) bond motifs is 1. The Labute approximate surface area is 200 Å². The Bertz CT molecular complexity index is 1260. The predicted octanol–water partition coefficient (Wildman–Crippen LogP) is 5.32. The summed E-state index contributed by atoms with van der Waals surface area (Å²) in [6, 6.07) is 9.82.